The van der Waals surface area contributed by atoms with Crippen molar-refractivity contribution in [3.05, 3.63) is 57.4 Å². The van der Waals surface area contributed by atoms with Crippen molar-refractivity contribution in [3.8, 4) is 0 Å². The summed E-state index contributed by atoms with van der Waals surface area (Å²) in [5.74, 6) is -0.0520. The highest BCUT2D eigenvalue weighted by molar-refractivity contribution is 14.1. The Hall–Kier alpha value is -1.69. The van der Waals surface area contributed by atoms with Crippen LogP contribution in [-0.2, 0) is 4.79 Å². The lowest BCUT2D eigenvalue weighted by Gasteiger charge is -1.99. The maximum atomic E-state index is 11.9. The first kappa shape index (κ1) is 11.4. The van der Waals surface area contributed by atoms with E-state index < -0.39 is 0 Å². The fourth-order valence-corrected chi connectivity index (χ4v) is 2.42. The van der Waals surface area contributed by atoms with Gasteiger partial charge in [0.05, 0.1) is 0 Å². The number of pyridine rings is 1. The van der Waals surface area contributed by atoms with E-state index in [9.17, 15) is 4.79 Å². The number of halogens is 1. The standard InChI is InChI=1S/C14H9IN2O/c15-10-1-2-13-11(8-10)12(14(18)17-13)7-9-3-5-16-6-4-9/h1-8H,(H,17,18). The number of carbonyl (C=O) groups excluding carboxylic acids is 1. The van der Waals surface area contributed by atoms with E-state index in [0.29, 0.717) is 5.57 Å². The molecule has 3 rings (SSSR count). The molecule has 18 heavy (non-hydrogen) atoms. The van der Waals surface area contributed by atoms with Gasteiger partial charge in [0.2, 0.25) is 0 Å². The van der Waals surface area contributed by atoms with Gasteiger partial charge in [-0.25, -0.2) is 0 Å². The first-order chi connectivity index (χ1) is 8.74. The van der Waals surface area contributed by atoms with Crippen LogP contribution < -0.4 is 5.32 Å². The van der Waals surface area contributed by atoms with Gasteiger partial charge in [0.15, 0.2) is 0 Å². The molecule has 3 nitrogen and oxygen atoms in total. The highest BCUT2D eigenvalue weighted by atomic mass is 127. The van der Waals surface area contributed by atoms with Gasteiger partial charge in [-0.2, -0.15) is 0 Å². The lowest BCUT2D eigenvalue weighted by Crippen LogP contribution is -2.03. The molecule has 0 atom stereocenters. The second-order valence-electron chi connectivity index (χ2n) is 3.98. The number of carbonyl (C=O) groups is 1. The van der Waals surface area contributed by atoms with Crippen LogP contribution in [0, 0.1) is 3.57 Å². The Bertz CT molecular complexity index is 650. The van der Waals surface area contributed by atoms with Crippen molar-refractivity contribution < 1.29 is 4.79 Å². The number of rotatable bonds is 1. The van der Waals surface area contributed by atoms with Crippen LogP contribution in [-0.4, -0.2) is 10.9 Å². The predicted molar refractivity (Wildman–Crippen MR) is 79.9 cm³/mol. The van der Waals surface area contributed by atoms with Gasteiger partial charge < -0.3 is 5.32 Å². The molecule has 4 heteroatoms. The van der Waals surface area contributed by atoms with Crippen LogP contribution in [0.4, 0.5) is 5.69 Å². The Balaban J connectivity index is 2.12. The third-order valence-corrected chi connectivity index (χ3v) is 3.45. The Labute approximate surface area is 118 Å². The summed E-state index contributed by atoms with van der Waals surface area (Å²) in [5.41, 5.74) is 3.51. The number of amides is 1. The van der Waals surface area contributed by atoms with Crippen LogP contribution in [0.25, 0.3) is 11.6 Å². The molecule has 1 amide bonds. The van der Waals surface area contributed by atoms with Gasteiger partial charge in [-0.1, -0.05) is 0 Å². The van der Waals surface area contributed by atoms with Crippen LogP contribution >= 0.6 is 22.6 Å². The molecular weight excluding hydrogens is 339 g/mol. The number of hydrogen-bond donors (Lipinski definition) is 1. The van der Waals surface area contributed by atoms with Crippen LogP contribution in [0.1, 0.15) is 11.1 Å². The molecule has 1 N–H and O–H groups in total. The maximum Gasteiger partial charge on any atom is 0.256 e. The molecule has 2 heterocycles. The van der Waals surface area contributed by atoms with Gasteiger partial charge in [-0.15, -0.1) is 0 Å². The molecule has 1 aliphatic heterocycles. The van der Waals surface area contributed by atoms with Crippen molar-refractivity contribution in [2.45, 2.75) is 0 Å². The molecule has 0 spiro atoms. The normalized spacial score (nSPS) is 15.6. The number of nitrogens with one attached hydrogen (secondary N) is 1. The summed E-state index contributed by atoms with van der Waals surface area (Å²) in [6.07, 6.45) is 5.32. The average Bonchev–Trinajstić information content (AvgIpc) is 2.67. The second-order valence-corrected chi connectivity index (χ2v) is 5.23. The van der Waals surface area contributed by atoms with Crippen LogP contribution in [0.15, 0.2) is 42.7 Å². The van der Waals surface area contributed by atoms with E-state index in [0.717, 1.165) is 20.4 Å². The third kappa shape index (κ3) is 2.03. The smallest absolute Gasteiger partial charge is 0.256 e. The lowest BCUT2D eigenvalue weighted by atomic mass is 10.0. The summed E-state index contributed by atoms with van der Waals surface area (Å²) < 4.78 is 1.11. The summed E-state index contributed by atoms with van der Waals surface area (Å²) in [6, 6.07) is 9.69. The van der Waals surface area contributed by atoms with E-state index >= 15 is 0 Å². The van der Waals surface area contributed by atoms with Gasteiger partial charge in [-0.05, 0) is 64.6 Å². The molecule has 0 saturated carbocycles. The molecule has 0 saturated heterocycles. The van der Waals surface area contributed by atoms with Crippen molar-refractivity contribution in [3.63, 3.8) is 0 Å². The van der Waals surface area contributed by atoms with E-state index in [1.807, 2.05) is 36.4 Å². The first-order valence-electron chi connectivity index (χ1n) is 5.47. The minimum Gasteiger partial charge on any atom is -0.321 e. The highest BCUT2D eigenvalue weighted by Crippen LogP contribution is 2.33. The first-order valence-corrected chi connectivity index (χ1v) is 6.55. The Morgan fingerprint density at radius 3 is 2.72 bits per heavy atom. The fraction of sp³-hybridized carbons (Fsp3) is 0. The molecule has 1 aromatic carbocycles. The third-order valence-electron chi connectivity index (χ3n) is 2.78. The summed E-state index contributed by atoms with van der Waals surface area (Å²) >= 11 is 2.25. The molecule has 0 bridgehead atoms. The summed E-state index contributed by atoms with van der Waals surface area (Å²) in [6.45, 7) is 0. The number of benzene rings is 1. The van der Waals surface area contributed by atoms with E-state index in [2.05, 4.69) is 32.9 Å². The molecule has 1 aliphatic rings. The van der Waals surface area contributed by atoms with E-state index in [1.165, 1.54) is 0 Å². The van der Waals surface area contributed by atoms with Crippen LogP contribution in [0.5, 0.6) is 0 Å². The van der Waals surface area contributed by atoms with Crippen molar-refractivity contribution in [2.24, 2.45) is 0 Å². The molecule has 0 aliphatic carbocycles. The van der Waals surface area contributed by atoms with Gasteiger partial charge in [-0.3, -0.25) is 9.78 Å². The van der Waals surface area contributed by atoms with Gasteiger partial charge >= 0.3 is 0 Å². The largest absolute Gasteiger partial charge is 0.321 e. The molecule has 0 fully saturated rings. The Morgan fingerprint density at radius 2 is 1.94 bits per heavy atom. The lowest BCUT2D eigenvalue weighted by molar-refractivity contribution is -0.110. The highest BCUT2D eigenvalue weighted by Gasteiger charge is 2.23. The second kappa shape index (κ2) is 4.53. The number of hydrogen-bond acceptors (Lipinski definition) is 2. The van der Waals surface area contributed by atoms with Crippen molar-refractivity contribution >= 4 is 45.8 Å². The van der Waals surface area contributed by atoms with Crippen molar-refractivity contribution in [2.75, 3.05) is 5.32 Å². The van der Waals surface area contributed by atoms with Crippen molar-refractivity contribution in [1.82, 2.24) is 4.98 Å². The summed E-state index contributed by atoms with van der Waals surface area (Å²) in [7, 11) is 0. The van der Waals surface area contributed by atoms with E-state index in [1.54, 1.807) is 12.4 Å². The minimum atomic E-state index is -0.0520. The molecule has 88 valence electrons. The number of nitrogens with zero attached hydrogens (tertiary/aromatic N) is 1. The molecule has 2 aromatic rings. The van der Waals surface area contributed by atoms with Crippen molar-refractivity contribution in [1.29, 1.82) is 0 Å². The quantitative estimate of drug-likeness (QED) is 0.635. The zero-order valence-electron chi connectivity index (χ0n) is 9.35. The number of aromatic nitrogens is 1. The number of fused-ring (bicyclic) bond motifs is 1. The van der Waals surface area contributed by atoms with Gasteiger partial charge in [0, 0.05) is 32.8 Å². The monoisotopic (exact) mass is 348 g/mol. The number of anilines is 1. The van der Waals surface area contributed by atoms with Gasteiger partial charge in [0.1, 0.15) is 0 Å². The van der Waals surface area contributed by atoms with E-state index in [-0.39, 0.29) is 5.91 Å². The molecule has 0 radical (unpaired) electrons. The average molecular weight is 348 g/mol. The van der Waals surface area contributed by atoms with Crippen LogP contribution in [0.3, 0.4) is 0 Å². The van der Waals surface area contributed by atoms with E-state index in [4.69, 9.17) is 0 Å². The predicted octanol–water partition coefficient (Wildman–Crippen LogP) is 3.18. The van der Waals surface area contributed by atoms with Crippen LogP contribution in [0.2, 0.25) is 0 Å². The molecule has 0 unspecified atom stereocenters. The Kier molecular flexibility index (Phi) is 2.87. The Morgan fingerprint density at radius 1 is 1.17 bits per heavy atom. The summed E-state index contributed by atoms with van der Waals surface area (Å²) in [5, 5.41) is 2.87. The SMILES string of the molecule is O=C1Nc2ccc(I)cc2C1=Cc1ccncc1. The zero-order valence-corrected chi connectivity index (χ0v) is 11.5. The van der Waals surface area contributed by atoms with Gasteiger partial charge in [0.25, 0.3) is 5.91 Å². The molecular formula is C14H9IN2O. The fourth-order valence-electron chi connectivity index (χ4n) is 1.93. The maximum absolute atomic E-state index is 11.9. The minimum absolute atomic E-state index is 0.0520. The topological polar surface area (TPSA) is 42.0 Å². The molecule has 1 aromatic heterocycles. The zero-order chi connectivity index (χ0) is 12.5. The summed E-state index contributed by atoms with van der Waals surface area (Å²) in [4.78, 5) is 15.9.